The standard InChI is InChI=1S/C27H34N2O5/c1-5-18(2)29(16-25(31)32)24(30)14-15-27(3,4)28-26(33)34-17-23-21-12-8-6-10-19(21)20-11-7-9-13-22(20)23/h6-13,18,23H,5,14-17H2,1-4H3,(H,28,33)(H,31,32). The Labute approximate surface area is 201 Å². The van der Waals surface area contributed by atoms with Crippen LogP contribution >= 0.6 is 0 Å². The molecule has 0 bridgehead atoms. The van der Waals surface area contributed by atoms with Gasteiger partial charge in [-0.3, -0.25) is 9.59 Å². The zero-order valence-electron chi connectivity index (χ0n) is 20.3. The molecule has 0 aromatic heterocycles. The Bertz CT molecular complexity index is 1000. The molecule has 3 rings (SSSR count). The minimum atomic E-state index is -1.04. The molecule has 0 radical (unpaired) electrons. The molecule has 7 nitrogen and oxygen atoms in total. The third-order valence-electron chi connectivity index (χ3n) is 6.50. The molecule has 0 saturated heterocycles. The average Bonchev–Trinajstić information content (AvgIpc) is 3.12. The van der Waals surface area contributed by atoms with E-state index in [-0.39, 0.29) is 37.4 Å². The van der Waals surface area contributed by atoms with Crippen LogP contribution in [0.2, 0.25) is 0 Å². The largest absolute Gasteiger partial charge is 0.480 e. The Morgan fingerprint density at radius 2 is 1.62 bits per heavy atom. The predicted octanol–water partition coefficient (Wildman–Crippen LogP) is 4.80. The van der Waals surface area contributed by atoms with E-state index in [1.807, 2.05) is 52.0 Å². The molecular weight excluding hydrogens is 432 g/mol. The van der Waals surface area contributed by atoms with E-state index >= 15 is 0 Å². The second kappa shape index (κ2) is 10.7. The lowest BCUT2D eigenvalue weighted by molar-refractivity contribution is -0.146. The fourth-order valence-corrected chi connectivity index (χ4v) is 4.39. The van der Waals surface area contributed by atoms with Crippen molar-refractivity contribution in [2.45, 2.75) is 64.5 Å². The number of fused-ring (bicyclic) bond motifs is 3. The minimum absolute atomic E-state index is 0.0250. The van der Waals surface area contributed by atoms with Gasteiger partial charge in [0.25, 0.3) is 0 Å². The third kappa shape index (κ3) is 5.95. The molecule has 0 fully saturated rings. The highest BCUT2D eigenvalue weighted by Crippen LogP contribution is 2.44. The van der Waals surface area contributed by atoms with Crippen molar-refractivity contribution < 1.29 is 24.2 Å². The SMILES string of the molecule is CCC(C)N(CC(=O)O)C(=O)CCC(C)(C)NC(=O)OCC1c2ccccc2-c2ccccc21. The van der Waals surface area contributed by atoms with Gasteiger partial charge < -0.3 is 20.1 Å². The van der Waals surface area contributed by atoms with Gasteiger partial charge in [-0.2, -0.15) is 0 Å². The quantitative estimate of drug-likeness (QED) is 0.525. The van der Waals surface area contributed by atoms with E-state index in [2.05, 4.69) is 29.6 Å². The van der Waals surface area contributed by atoms with Crippen LogP contribution in [0.1, 0.15) is 64.0 Å². The summed E-state index contributed by atoms with van der Waals surface area (Å²) < 4.78 is 5.61. The number of hydrogen-bond acceptors (Lipinski definition) is 4. The summed E-state index contributed by atoms with van der Waals surface area (Å²) >= 11 is 0. The first kappa shape index (κ1) is 25.3. The molecule has 2 N–H and O–H groups in total. The van der Waals surface area contributed by atoms with Crippen LogP contribution < -0.4 is 5.32 Å². The predicted molar refractivity (Wildman–Crippen MR) is 131 cm³/mol. The van der Waals surface area contributed by atoms with Gasteiger partial charge >= 0.3 is 12.1 Å². The van der Waals surface area contributed by atoms with Gasteiger partial charge in [-0.25, -0.2) is 4.79 Å². The van der Waals surface area contributed by atoms with Gasteiger partial charge in [0.1, 0.15) is 13.2 Å². The maximum Gasteiger partial charge on any atom is 0.407 e. The van der Waals surface area contributed by atoms with Crippen LogP contribution in [0.5, 0.6) is 0 Å². The van der Waals surface area contributed by atoms with Gasteiger partial charge in [0.15, 0.2) is 0 Å². The van der Waals surface area contributed by atoms with Gasteiger partial charge in [0, 0.05) is 23.9 Å². The van der Waals surface area contributed by atoms with E-state index in [9.17, 15) is 14.4 Å². The van der Waals surface area contributed by atoms with Gasteiger partial charge in [-0.1, -0.05) is 55.5 Å². The van der Waals surface area contributed by atoms with Crippen molar-refractivity contribution in [3.05, 3.63) is 59.7 Å². The zero-order valence-corrected chi connectivity index (χ0v) is 20.3. The molecule has 2 amide bonds. The number of rotatable bonds is 10. The Hall–Kier alpha value is -3.35. The van der Waals surface area contributed by atoms with Crippen LogP contribution in [0.4, 0.5) is 4.79 Å². The molecule has 1 aliphatic rings. The van der Waals surface area contributed by atoms with E-state index < -0.39 is 17.6 Å². The number of carbonyl (C=O) groups excluding carboxylic acids is 2. The topological polar surface area (TPSA) is 95.9 Å². The van der Waals surface area contributed by atoms with Crippen LogP contribution in [0, 0.1) is 0 Å². The number of carbonyl (C=O) groups is 3. The zero-order chi connectivity index (χ0) is 24.9. The summed E-state index contributed by atoms with van der Waals surface area (Å²) in [6, 6.07) is 16.1. The Morgan fingerprint density at radius 3 is 2.15 bits per heavy atom. The van der Waals surface area contributed by atoms with Crippen molar-refractivity contribution in [2.75, 3.05) is 13.2 Å². The van der Waals surface area contributed by atoms with E-state index in [1.165, 1.54) is 4.90 Å². The molecule has 1 atom stereocenters. The van der Waals surface area contributed by atoms with Gasteiger partial charge in [0.05, 0.1) is 0 Å². The normalized spacial score (nSPS) is 13.5. The first-order chi connectivity index (χ1) is 16.1. The van der Waals surface area contributed by atoms with E-state index in [0.29, 0.717) is 12.8 Å². The molecule has 0 saturated carbocycles. The molecule has 0 aliphatic heterocycles. The number of ether oxygens (including phenoxy) is 1. The van der Waals surface area contributed by atoms with Gasteiger partial charge in [0.2, 0.25) is 5.91 Å². The molecular formula is C27H34N2O5. The lowest BCUT2D eigenvalue weighted by atomic mass is 9.97. The highest BCUT2D eigenvalue weighted by molar-refractivity contribution is 5.82. The summed E-state index contributed by atoms with van der Waals surface area (Å²) in [4.78, 5) is 37.8. The van der Waals surface area contributed by atoms with Gasteiger partial charge in [-0.05, 0) is 55.9 Å². The van der Waals surface area contributed by atoms with Crippen molar-refractivity contribution in [2.24, 2.45) is 0 Å². The second-order valence-electron chi connectivity index (χ2n) is 9.51. The van der Waals surface area contributed by atoms with Crippen LogP contribution in [-0.4, -0.2) is 52.7 Å². The van der Waals surface area contributed by atoms with Crippen LogP contribution in [0.25, 0.3) is 11.1 Å². The number of amides is 2. The number of aliphatic carboxylic acids is 1. The molecule has 2 aromatic rings. The fraction of sp³-hybridized carbons (Fsp3) is 0.444. The summed E-state index contributed by atoms with van der Waals surface area (Å²) in [6.07, 6.45) is 0.626. The van der Waals surface area contributed by atoms with Crippen LogP contribution in [0.15, 0.2) is 48.5 Å². The molecule has 182 valence electrons. The molecule has 1 unspecified atom stereocenters. The number of benzene rings is 2. The summed E-state index contributed by atoms with van der Waals surface area (Å²) in [6.45, 7) is 7.29. The Morgan fingerprint density at radius 1 is 1.06 bits per heavy atom. The third-order valence-corrected chi connectivity index (χ3v) is 6.50. The summed E-state index contributed by atoms with van der Waals surface area (Å²) in [7, 11) is 0. The second-order valence-corrected chi connectivity index (χ2v) is 9.51. The fourth-order valence-electron chi connectivity index (χ4n) is 4.39. The number of nitrogens with zero attached hydrogens (tertiary/aromatic N) is 1. The summed E-state index contributed by atoms with van der Waals surface area (Å²) in [5.41, 5.74) is 3.92. The smallest absolute Gasteiger partial charge is 0.407 e. The lowest BCUT2D eigenvalue weighted by Gasteiger charge is -2.30. The first-order valence-corrected chi connectivity index (χ1v) is 11.8. The maximum atomic E-state index is 12.7. The molecule has 0 spiro atoms. The van der Waals surface area contributed by atoms with Crippen molar-refractivity contribution in [3.8, 4) is 11.1 Å². The molecule has 0 heterocycles. The monoisotopic (exact) mass is 466 g/mol. The number of alkyl carbamates (subject to hydrolysis) is 1. The van der Waals surface area contributed by atoms with E-state index in [4.69, 9.17) is 9.84 Å². The molecule has 1 aliphatic carbocycles. The molecule has 2 aromatic carbocycles. The number of carboxylic acids is 1. The lowest BCUT2D eigenvalue weighted by Crippen LogP contribution is -2.46. The van der Waals surface area contributed by atoms with Crippen molar-refractivity contribution in [1.29, 1.82) is 0 Å². The highest BCUT2D eigenvalue weighted by Gasteiger charge is 2.30. The van der Waals surface area contributed by atoms with Crippen LogP contribution in [-0.2, 0) is 14.3 Å². The maximum absolute atomic E-state index is 12.7. The number of nitrogens with one attached hydrogen (secondary N) is 1. The average molecular weight is 467 g/mol. The summed E-state index contributed by atoms with van der Waals surface area (Å²) in [5.74, 6) is -1.30. The van der Waals surface area contributed by atoms with Crippen molar-refractivity contribution in [1.82, 2.24) is 10.2 Å². The highest BCUT2D eigenvalue weighted by atomic mass is 16.5. The van der Waals surface area contributed by atoms with E-state index in [1.54, 1.807) is 0 Å². The van der Waals surface area contributed by atoms with Gasteiger partial charge in [-0.15, -0.1) is 0 Å². The first-order valence-electron chi connectivity index (χ1n) is 11.8. The van der Waals surface area contributed by atoms with E-state index in [0.717, 1.165) is 22.3 Å². The molecule has 7 heteroatoms. The number of hydrogen-bond donors (Lipinski definition) is 2. The van der Waals surface area contributed by atoms with Crippen LogP contribution in [0.3, 0.4) is 0 Å². The minimum Gasteiger partial charge on any atom is -0.480 e. The Balaban J connectivity index is 1.56. The van der Waals surface area contributed by atoms with Crippen molar-refractivity contribution in [3.63, 3.8) is 0 Å². The molecule has 34 heavy (non-hydrogen) atoms. The summed E-state index contributed by atoms with van der Waals surface area (Å²) in [5, 5.41) is 12.0. The number of carboxylic acid groups (broad SMARTS) is 1. The van der Waals surface area contributed by atoms with Crippen molar-refractivity contribution >= 4 is 18.0 Å². The Kier molecular flexibility index (Phi) is 7.97.